The number of likely N-dealkylation sites (tertiary alicyclic amines) is 1. The fourth-order valence-electron chi connectivity index (χ4n) is 4.38. The van der Waals surface area contributed by atoms with Gasteiger partial charge in [0.05, 0.1) is 17.9 Å². The number of nitrogens with two attached hydrogens (primary N) is 1. The van der Waals surface area contributed by atoms with Crippen LogP contribution < -0.4 is 10.6 Å². The number of hydrogen-bond donors (Lipinski definition) is 2. The van der Waals surface area contributed by atoms with E-state index in [2.05, 4.69) is 41.6 Å². The van der Waals surface area contributed by atoms with Gasteiger partial charge in [-0.25, -0.2) is 0 Å². The molecule has 8 heteroatoms. The van der Waals surface area contributed by atoms with Crippen LogP contribution in [0.15, 0.2) is 18.0 Å². The molecule has 3 aliphatic heterocycles. The molecule has 0 amide bonds. The molecule has 0 saturated carbocycles. The first-order chi connectivity index (χ1) is 13.1. The van der Waals surface area contributed by atoms with E-state index in [0.717, 1.165) is 64.2 Å². The summed E-state index contributed by atoms with van der Waals surface area (Å²) in [6.45, 7) is 7.18. The Bertz CT molecular complexity index is 684. The van der Waals surface area contributed by atoms with Crippen LogP contribution in [0.4, 0.5) is 0 Å². The normalized spacial score (nSPS) is 22.8. The molecule has 4 rings (SSSR count). The molecule has 150 valence electrons. The largest absolute Gasteiger partial charge is 0.370 e. The van der Waals surface area contributed by atoms with E-state index in [4.69, 9.17) is 9.88 Å². The molecule has 1 aromatic heterocycles. The number of hydrogen-bond acceptors (Lipinski definition) is 8. The van der Waals surface area contributed by atoms with Gasteiger partial charge in [0.1, 0.15) is 0 Å². The lowest BCUT2D eigenvalue weighted by Crippen LogP contribution is -2.47. The van der Waals surface area contributed by atoms with Crippen molar-refractivity contribution in [1.29, 1.82) is 0 Å². The lowest BCUT2D eigenvalue weighted by atomic mass is 9.82. The van der Waals surface area contributed by atoms with E-state index >= 15 is 0 Å². The molecule has 0 radical (unpaired) electrons. The van der Waals surface area contributed by atoms with E-state index in [9.17, 15) is 0 Å². The Labute approximate surface area is 170 Å². The number of piperidine rings is 1. The molecule has 4 heterocycles. The number of hydrazine groups is 2. The molecule has 1 spiro atoms. The fourth-order valence-corrected chi connectivity index (χ4v) is 5.85. The molecule has 0 atom stereocenters. The number of ether oxygens (including phenoxy) is 1. The third-order valence-corrected chi connectivity index (χ3v) is 7.66. The van der Waals surface area contributed by atoms with Gasteiger partial charge >= 0.3 is 0 Å². The van der Waals surface area contributed by atoms with Crippen molar-refractivity contribution in [1.82, 2.24) is 20.5 Å². The van der Waals surface area contributed by atoms with Crippen LogP contribution in [-0.2, 0) is 23.2 Å². The number of rotatable bonds is 6. The summed E-state index contributed by atoms with van der Waals surface area (Å²) in [6.07, 6.45) is 6.62. The second kappa shape index (κ2) is 8.31. The summed E-state index contributed by atoms with van der Waals surface area (Å²) in [6, 6.07) is 2.43. The maximum absolute atomic E-state index is 6.41. The van der Waals surface area contributed by atoms with Crippen molar-refractivity contribution in [2.24, 2.45) is 5.14 Å². The van der Waals surface area contributed by atoms with Gasteiger partial charge < -0.3 is 10.2 Å². The number of aryl methyl sites for hydroxylation is 1. The summed E-state index contributed by atoms with van der Waals surface area (Å²) in [5.74, 6) is 0.919. The van der Waals surface area contributed by atoms with Crippen LogP contribution in [0.5, 0.6) is 0 Å². The minimum atomic E-state index is -0.0351. The first-order valence-corrected chi connectivity index (χ1v) is 11.8. The fraction of sp³-hybridized carbons (Fsp3) is 0.684. The predicted octanol–water partition coefficient (Wildman–Crippen LogP) is 2.29. The molecule has 0 bridgehead atoms. The molecular formula is C19H31N5OS2. The van der Waals surface area contributed by atoms with Crippen LogP contribution in [0, 0.1) is 0 Å². The van der Waals surface area contributed by atoms with Crippen LogP contribution in [-0.4, -0.2) is 60.6 Å². The standard InChI is InChI=1S/C19H31N5OS2/c1-3-16-12-17-18(27-16)4-10-25-19(17)5-7-23(8-6-19)13-15-14-24(9-11-26-20)22(2)21-15/h12,14,21H,3-11,13,20H2,1-2H3. The highest BCUT2D eigenvalue weighted by Crippen LogP contribution is 2.44. The molecule has 0 aromatic carbocycles. The Hall–Kier alpha value is -0.770. The third kappa shape index (κ3) is 4.02. The first-order valence-electron chi connectivity index (χ1n) is 9.91. The molecule has 27 heavy (non-hydrogen) atoms. The Morgan fingerprint density at radius 2 is 2.19 bits per heavy atom. The van der Waals surface area contributed by atoms with E-state index in [1.807, 2.05) is 16.5 Å². The molecule has 3 N–H and O–H groups in total. The van der Waals surface area contributed by atoms with Crippen molar-refractivity contribution in [3.63, 3.8) is 0 Å². The first kappa shape index (κ1) is 19.5. The molecule has 0 aliphatic carbocycles. The van der Waals surface area contributed by atoms with Crippen molar-refractivity contribution in [2.75, 3.05) is 45.6 Å². The molecule has 1 aromatic rings. The van der Waals surface area contributed by atoms with Crippen LogP contribution in [0.3, 0.4) is 0 Å². The van der Waals surface area contributed by atoms with Crippen LogP contribution in [0.1, 0.15) is 35.1 Å². The summed E-state index contributed by atoms with van der Waals surface area (Å²) in [7, 11) is 2.05. The predicted molar refractivity (Wildman–Crippen MR) is 113 cm³/mol. The molecule has 1 saturated heterocycles. The van der Waals surface area contributed by atoms with Gasteiger partial charge in [-0.15, -0.1) is 16.5 Å². The van der Waals surface area contributed by atoms with Crippen molar-refractivity contribution in [2.45, 2.75) is 38.2 Å². The van der Waals surface area contributed by atoms with E-state index < -0.39 is 0 Å². The molecule has 1 fully saturated rings. The van der Waals surface area contributed by atoms with Gasteiger partial charge in [-0.3, -0.25) is 15.0 Å². The van der Waals surface area contributed by atoms with E-state index in [0.29, 0.717) is 0 Å². The van der Waals surface area contributed by atoms with Crippen molar-refractivity contribution >= 4 is 23.3 Å². The summed E-state index contributed by atoms with van der Waals surface area (Å²) >= 11 is 3.39. The Morgan fingerprint density at radius 3 is 2.93 bits per heavy atom. The molecule has 0 unspecified atom stereocenters. The third-order valence-electron chi connectivity index (χ3n) is 5.90. The Balaban J connectivity index is 1.37. The maximum Gasteiger partial charge on any atom is 0.0966 e. The van der Waals surface area contributed by atoms with Crippen LogP contribution >= 0.6 is 23.3 Å². The van der Waals surface area contributed by atoms with Gasteiger partial charge in [0.2, 0.25) is 0 Å². The minimum Gasteiger partial charge on any atom is -0.370 e. The van der Waals surface area contributed by atoms with E-state index in [1.165, 1.54) is 28.1 Å². The van der Waals surface area contributed by atoms with Gasteiger partial charge in [-0.1, -0.05) is 18.9 Å². The quantitative estimate of drug-likeness (QED) is 0.699. The zero-order valence-corrected chi connectivity index (χ0v) is 18.0. The summed E-state index contributed by atoms with van der Waals surface area (Å²) in [5.41, 5.74) is 6.17. The molecule has 3 aliphatic rings. The highest BCUT2D eigenvalue weighted by Gasteiger charge is 2.42. The molecular weight excluding hydrogens is 378 g/mol. The van der Waals surface area contributed by atoms with E-state index in [1.54, 1.807) is 4.88 Å². The number of fused-ring (bicyclic) bond motifs is 2. The van der Waals surface area contributed by atoms with Crippen molar-refractivity contribution in [3.05, 3.63) is 33.3 Å². The summed E-state index contributed by atoms with van der Waals surface area (Å²) in [4.78, 5) is 5.62. The highest BCUT2D eigenvalue weighted by molar-refractivity contribution is 7.97. The second-order valence-electron chi connectivity index (χ2n) is 7.60. The summed E-state index contributed by atoms with van der Waals surface area (Å²) < 4.78 is 6.41. The zero-order valence-electron chi connectivity index (χ0n) is 16.4. The Morgan fingerprint density at radius 1 is 1.37 bits per heavy atom. The van der Waals surface area contributed by atoms with Gasteiger partial charge in [0, 0.05) is 61.4 Å². The average molecular weight is 410 g/mol. The lowest BCUT2D eigenvalue weighted by Gasteiger charge is -2.44. The average Bonchev–Trinajstić information content (AvgIpc) is 3.26. The van der Waals surface area contributed by atoms with Crippen molar-refractivity contribution < 1.29 is 4.74 Å². The molecule has 6 nitrogen and oxygen atoms in total. The van der Waals surface area contributed by atoms with Gasteiger partial charge in [-0.2, -0.15) is 0 Å². The topological polar surface area (TPSA) is 57.0 Å². The van der Waals surface area contributed by atoms with Gasteiger partial charge in [0.15, 0.2) is 0 Å². The maximum atomic E-state index is 6.41. The SMILES string of the molecule is CCc1cc2c(s1)CCOC21CCN(CC2=CN(CCSN)N(C)N2)CC1. The second-order valence-corrected chi connectivity index (χ2v) is 9.56. The van der Waals surface area contributed by atoms with Crippen LogP contribution in [0.2, 0.25) is 0 Å². The van der Waals surface area contributed by atoms with Gasteiger partial charge in [0.25, 0.3) is 0 Å². The number of thiophene rings is 1. The lowest BCUT2D eigenvalue weighted by molar-refractivity contribution is -0.0963. The Kier molecular flexibility index (Phi) is 6.01. The van der Waals surface area contributed by atoms with E-state index in [-0.39, 0.29) is 5.60 Å². The monoisotopic (exact) mass is 409 g/mol. The van der Waals surface area contributed by atoms with Crippen LogP contribution in [0.25, 0.3) is 0 Å². The smallest absolute Gasteiger partial charge is 0.0966 e. The minimum absolute atomic E-state index is 0.0351. The number of nitrogens with zero attached hydrogens (tertiary/aromatic N) is 3. The number of nitrogens with one attached hydrogen (secondary N) is 1. The highest BCUT2D eigenvalue weighted by atomic mass is 32.2. The van der Waals surface area contributed by atoms with Gasteiger partial charge in [-0.05, 0) is 30.9 Å². The summed E-state index contributed by atoms with van der Waals surface area (Å²) in [5, 5.41) is 9.80. The zero-order chi connectivity index (χ0) is 18.9. The van der Waals surface area contributed by atoms with Crippen molar-refractivity contribution in [3.8, 4) is 0 Å².